The summed E-state index contributed by atoms with van der Waals surface area (Å²) < 4.78 is 0.859. The second kappa shape index (κ2) is 5.14. The Morgan fingerprint density at radius 1 is 1.50 bits per heavy atom. The van der Waals surface area contributed by atoms with Gasteiger partial charge in [0.25, 0.3) is 5.91 Å². The third kappa shape index (κ3) is 2.65. The third-order valence-electron chi connectivity index (χ3n) is 2.36. The SMILES string of the molecule is Cc1cc(NC(=O)c2c[nH]ccc2=O)ncc1Br. The van der Waals surface area contributed by atoms with Crippen LogP contribution in [0.5, 0.6) is 0 Å². The number of nitrogens with zero attached hydrogens (tertiary/aromatic N) is 1. The van der Waals surface area contributed by atoms with Gasteiger partial charge in [-0.1, -0.05) is 0 Å². The zero-order valence-electron chi connectivity index (χ0n) is 9.53. The van der Waals surface area contributed by atoms with Crippen molar-refractivity contribution in [3.63, 3.8) is 0 Å². The van der Waals surface area contributed by atoms with Crippen molar-refractivity contribution in [3.05, 3.63) is 56.5 Å². The Morgan fingerprint density at radius 2 is 2.28 bits per heavy atom. The summed E-state index contributed by atoms with van der Waals surface area (Å²) in [4.78, 5) is 30.1. The van der Waals surface area contributed by atoms with Gasteiger partial charge in [0.2, 0.25) is 0 Å². The monoisotopic (exact) mass is 307 g/mol. The molecule has 6 heteroatoms. The fourth-order valence-electron chi connectivity index (χ4n) is 1.38. The molecule has 0 aliphatic carbocycles. The summed E-state index contributed by atoms with van der Waals surface area (Å²) in [6, 6.07) is 3.02. The van der Waals surface area contributed by atoms with E-state index in [-0.39, 0.29) is 11.0 Å². The maximum Gasteiger partial charge on any atom is 0.262 e. The van der Waals surface area contributed by atoms with Crippen LogP contribution < -0.4 is 10.7 Å². The minimum Gasteiger partial charge on any atom is -0.367 e. The molecule has 0 saturated heterocycles. The standard InChI is InChI=1S/C12H10BrN3O2/c1-7-4-11(15-6-9(7)13)16-12(18)8-5-14-3-2-10(8)17/h2-6H,1H3,(H,14,17)(H,15,16,18). The molecule has 0 atom stereocenters. The molecule has 92 valence electrons. The van der Waals surface area contributed by atoms with E-state index in [9.17, 15) is 9.59 Å². The highest BCUT2D eigenvalue weighted by Crippen LogP contribution is 2.17. The van der Waals surface area contributed by atoms with E-state index < -0.39 is 5.91 Å². The van der Waals surface area contributed by atoms with E-state index >= 15 is 0 Å². The highest BCUT2D eigenvalue weighted by molar-refractivity contribution is 9.10. The van der Waals surface area contributed by atoms with Gasteiger partial charge in [-0.3, -0.25) is 9.59 Å². The van der Waals surface area contributed by atoms with Crippen LogP contribution in [0.2, 0.25) is 0 Å². The van der Waals surface area contributed by atoms with Crippen LogP contribution in [0.4, 0.5) is 5.82 Å². The summed E-state index contributed by atoms with van der Waals surface area (Å²) in [5.41, 5.74) is 0.669. The normalized spacial score (nSPS) is 10.1. The quantitative estimate of drug-likeness (QED) is 0.892. The van der Waals surface area contributed by atoms with Gasteiger partial charge in [-0.25, -0.2) is 4.98 Å². The second-order valence-corrected chi connectivity index (χ2v) is 4.55. The van der Waals surface area contributed by atoms with E-state index in [1.54, 1.807) is 12.3 Å². The average molecular weight is 308 g/mol. The first kappa shape index (κ1) is 12.5. The van der Waals surface area contributed by atoms with Gasteiger partial charge in [-0.05, 0) is 34.5 Å². The number of aryl methyl sites for hydroxylation is 1. The average Bonchev–Trinajstić information content (AvgIpc) is 2.34. The van der Waals surface area contributed by atoms with Crippen LogP contribution in [-0.4, -0.2) is 15.9 Å². The lowest BCUT2D eigenvalue weighted by Crippen LogP contribution is -2.21. The molecule has 2 aromatic rings. The number of aromatic nitrogens is 2. The lowest BCUT2D eigenvalue weighted by molar-refractivity contribution is 0.102. The highest BCUT2D eigenvalue weighted by Gasteiger charge is 2.10. The zero-order chi connectivity index (χ0) is 13.1. The van der Waals surface area contributed by atoms with Crippen molar-refractivity contribution in [3.8, 4) is 0 Å². The summed E-state index contributed by atoms with van der Waals surface area (Å²) in [6.45, 7) is 1.89. The molecule has 2 N–H and O–H groups in total. The van der Waals surface area contributed by atoms with E-state index in [4.69, 9.17) is 0 Å². The van der Waals surface area contributed by atoms with Crippen molar-refractivity contribution >= 4 is 27.7 Å². The van der Waals surface area contributed by atoms with Gasteiger partial charge in [-0.15, -0.1) is 0 Å². The van der Waals surface area contributed by atoms with Crippen LogP contribution in [-0.2, 0) is 0 Å². The number of nitrogens with one attached hydrogen (secondary N) is 2. The predicted octanol–water partition coefficient (Wildman–Crippen LogP) is 2.09. The van der Waals surface area contributed by atoms with Crippen LogP contribution in [0, 0.1) is 6.92 Å². The second-order valence-electron chi connectivity index (χ2n) is 3.70. The van der Waals surface area contributed by atoms with E-state index in [2.05, 4.69) is 31.2 Å². The van der Waals surface area contributed by atoms with Crippen molar-refractivity contribution in [2.75, 3.05) is 5.32 Å². The van der Waals surface area contributed by atoms with Crippen molar-refractivity contribution in [1.29, 1.82) is 0 Å². The number of pyridine rings is 2. The van der Waals surface area contributed by atoms with Gasteiger partial charge in [-0.2, -0.15) is 0 Å². The molecule has 0 unspecified atom stereocenters. The van der Waals surface area contributed by atoms with Crippen LogP contribution in [0.15, 0.2) is 40.0 Å². The molecular weight excluding hydrogens is 298 g/mol. The molecule has 0 fully saturated rings. The third-order valence-corrected chi connectivity index (χ3v) is 3.19. The molecule has 2 rings (SSSR count). The lowest BCUT2D eigenvalue weighted by atomic mass is 10.2. The van der Waals surface area contributed by atoms with Gasteiger partial charge in [0.1, 0.15) is 11.4 Å². The molecule has 0 aromatic carbocycles. The molecule has 0 radical (unpaired) electrons. The topological polar surface area (TPSA) is 74.8 Å². The molecule has 5 nitrogen and oxygen atoms in total. The van der Waals surface area contributed by atoms with Crippen molar-refractivity contribution in [2.24, 2.45) is 0 Å². The first-order valence-electron chi connectivity index (χ1n) is 5.18. The largest absolute Gasteiger partial charge is 0.367 e. The van der Waals surface area contributed by atoms with Gasteiger partial charge in [0.05, 0.1) is 0 Å². The molecule has 0 spiro atoms. The molecule has 0 bridgehead atoms. The maximum absolute atomic E-state index is 11.8. The number of H-pyrrole nitrogens is 1. The molecule has 0 saturated carbocycles. The summed E-state index contributed by atoms with van der Waals surface area (Å²) >= 11 is 3.32. The molecule has 0 aliphatic heterocycles. The van der Waals surface area contributed by atoms with Crippen LogP contribution in [0.1, 0.15) is 15.9 Å². The zero-order valence-corrected chi connectivity index (χ0v) is 11.1. The number of aromatic amines is 1. The van der Waals surface area contributed by atoms with Crippen LogP contribution in [0.25, 0.3) is 0 Å². The molecule has 0 aliphatic rings. The van der Waals surface area contributed by atoms with E-state index in [0.717, 1.165) is 10.0 Å². The predicted molar refractivity (Wildman–Crippen MR) is 71.7 cm³/mol. The van der Waals surface area contributed by atoms with E-state index in [1.807, 2.05) is 6.92 Å². The molecule has 18 heavy (non-hydrogen) atoms. The minimum absolute atomic E-state index is 0.0554. The van der Waals surface area contributed by atoms with Gasteiger partial charge >= 0.3 is 0 Å². The highest BCUT2D eigenvalue weighted by atomic mass is 79.9. The maximum atomic E-state index is 11.8. The number of anilines is 1. The number of halogens is 1. The molecule has 2 aromatic heterocycles. The van der Waals surface area contributed by atoms with E-state index in [0.29, 0.717) is 5.82 Å². The Bertz CT molecular complexity index is 652. The number of hydrogen-bond acceptors (Lipinski definition) is 3. The first-order chi connectivity index (χ1) is 8.58. The Hall–Kier alpha value is -1.95. The lowest BCUT2D eigenvalue weighted by Gasteiger charge is -2.05. The number of carbonyl (C=O) groups is 1. The fourth-order valence-corrected chi connectivity index (χ4v) is 1.60. The first-order valence-corrected chi connectivity index (χ1v) is 5.98. The summed E-state index contributed by atoms with van der Waals surface area (Å²) in [5.74, 6) is -0.0741. The smallest absolute Gasteiger partial charge is 0.262 e. The van der Waals surface area contributed by atoms with Gasteiger partial charge in [0, 0.05) is 29.1 Å². The molecule has 2 heterocycles. The summed E-state index contributed by atoms with van der Waals surface area (Å²) in [5, 5.41) is 2.58. The summed E-state index contributed by atoms with van der Waals surface area (Å²) in [7, 11) is 0. The van der Waals surface area contributed by atoms with Crippen molar-refractivity contribution < 1.29 is 4.79 Å². The van der Waals surface area contributed by atoms with Crippen LogP contribution >= 0.6 is 15.9 Å². The van der Waals surface area contributed by atoms with Gasteiger partial charge in [0.15, 0.2) is 5.43 Å². The minimum atomic E-state index is -0.480. The number of amides is 1. The van der Waals surface area contributed by atoms with Crippen LogP contribution in [0.3, 0.4) is 0 Å². The van der Waals surface area contributed by atoms with Gasteiger partial charge < -0.3 is 10.3 Å². The molecule has 1 amide bonds. The van der Waals surface area contributed by atoms with Crippen molar-refractivity contribution in [1.82, 2.24) is 9.97 Å². The number of rotatable bonds is 2. The Labute approximate surface area is 111 Å². The number of hydrogen-bond donors (Lipinski definition) is 2. The van der Waals surface area contributed by atoms with E-state index in [1.165, 1.54) is 18.5 Å². The molecular formula is C12H10BrN3O2. The summed E-state index contributed by atoms with van der Waals surface area (Å²) in [6.07, 6.45) is 4.44. The Kier molecular flexibility index (Phi) is 3.57. The van der Waals surface area contributed by atoms with Crippen molar-refractivity contribution in [2.45, 2.75) is 6.92 Å². The fraction of sp³-hybridized carbons (Fsp3) is 0.0833. The Morgan fingerprint density at radius 3 is 2.94 bits per heavy atom. The number of carbonyl (C=O) groups excluding carboxylic acids is 1. The Balaban J connectivity index is 2.24.